The predicted octanol–water partition coefficient (Wildman–Crippen LogP) is 9.41. The third-order valence-electron chi connectivity index (χ3n) is 6.20. The quantitative estimate of drug-likeness (QED) is 0.109. The number of nitrogens with one attached hydrogen (secondary N) is 1. The molecule has 0 spiro atoms. The van der Waals surface area contributed by atoms with Crippen molar-refractivity contribution in [1.82, 2.24) is 5.32 Å². The Morgan fingerprint density at radius 2 is 0.933 bits per heavy atom. The van der Waals surface area contributed by atoms with Gasteiger partial charge in [0.2, 0.25) is 0 Å². The van der Waals surface area contributed by atoms with Gasteiger partial charge in [0.25, 0.3) is 0 Å². The molecule has 177 valence electrons. The fourth-order valence-electron chi connectivity index (χ4n) is 4.12. The highest BCUT2D eigenvalue weighted by molar-refractivity contribution is 4.82. The van der Waals surface area contributed by atoms with Crippen LogP contribution in [-0.2, 0) is 0 Å². The van der Waals surface area contributed by atoms with E-state index in [0.29, 0.717) is 0 Å². The first-order chi connectivity index (χ1) is 14.9. The van der Waals surface area contributed by atoms with Crippen molar-refractivity contribution < 1.29 is 0 Å². The third-order valence-corrected chi connectivity index (χ3v) is 6.20. The van der Waals surface area contributed by atoms with Crippen LogP contribution in [0.15, 0.2) is 0 Å². The zero-order chi connectivity index (χ0) is 21.8. The third kappa shape index (κ3) is 27.5. The molecule has 0 aliphatic carbocycles. The van der Waals surface area contributed by atoms with E-state index < -0.39 is 0 Å². The molecule has 0 atom stereocenters. The van der Waals surface area contributed by atoms with Crippen LogP contribution in [0, 0.1) is 18.8 Å². The van der Waals surface area contributed by atoms with Gasteiger partial charge in [-0.1, -0.05) is 129 Å². The molecular weight excluding hydrogens is 362 g/mol. The molecule has 1 radical (unpaired) electrons. The highest BCUT2D eigenvalue weighted by Gasteiger charge is 1.96. The van der Waals surface area contributed by atoms with Gasteiger partial charge in [0.15, 0.2) is 0 Å². The van der Waals surface area contributed by atoms with E-state index in [4.69, 9.17) is 6.42 Å². The standard InChI is InChI=1S/C29H56N/c1-3-5-7-9-10-11-12-13-14-15-16-17-18-19-20-21-22-23-24-25-27-29-30-28-26-8-6-4-2/h2,23,30H,3,5-22,24-29H2,1H3. The van der Waals surface area contributed by atoms with E-state index in [1.807, 2.05) is 0 Å². The SMILES string of the molecule is C#CCCCCNCCCC[CH]CCCCCCCCCCCCCCCCCC. The van der Waals surface area contributed by atoms with Crippen molar-refractivity contribution in [1.29, 1.82) is 0 Å². The van der Waals surface area contributed by atoms with Crippen LogP contribution < -0.4 is 5.32 Å². The van der Waals surface area contributed by atoms with Gasteiger partial charge in [0.05, 0.1) is 0 Å². The molecule has 0 aromatic carbocycles. The average molecular weight is 419 g/mol. The molecule has 0 saturated carbocycles. The number of rotatable bonds is 26. The van der Waals surface area contributed by atoms with Crippen LogP contribution in [0.4, 0.5) is 0 Å². The second-order valence-electron chi connectivity index (χ2n) is 9.29. The van der Waals surface area contributed by atoms with E-state index in [1.54, 1.807) is 0 Å². The lowest BCUT2D eigenvalue weighted by atomic mass is 10.0. The molecule has 0 bridgehead atoms. The van der Waals surface area contributed by atoms with Crippen molar-refractivity contribution in [2.24, 2.45) is 0 Å². The Labute approximate surface area is 192 Å². The normalized spacial score (nSPS) is 11.1. The molecule has 0 aliphatic rings. The molecule has 0 amide bonds. The molecule has 0 saturated heterocycles. The Hall–Kier alpha value is -0.480. The highest BCUT2D eigenvalue weighted by atomic mass is 14.8. The van der Waals surface area contributed by atoms with Gasteiger partial charge in [-0.2, -0.15) is 0 Å². The van der Waals surface area contributed by atoms with E-state index in [0.717, 1.165) is 19.4 Å². The Balaban J connectivity index is 2.98. The number of hydrogen-bond acceptors (Lipinski definition) is 1. The van der Waals surface area contributed by atoms with Gasteiger partial charge in [-0.15, -0.1) is 12.3 Å². The van der Waals surface area contributed by atoms with Crippen molar-refractivity contribution in [3.63, 3.8) is 0 Å². The lowest BCUT2D eigenvalue weighted by Gasteiger charge is -2.05. The highest BCUT2D eigenvalue weighted by Crippen LogP contribution is 2.14. The fourth-order valence-corrected chi connectivity index (χ4v) is 4.12. The molecule has 0 aromatic rings. The van der Waals surface area contributed by atoms with E-state index in [2.05, 4.69) is 24.6 Å². The summed E-state index contributed by atoms with van der Waals surface area (Å²) in [5.74, 6) is 2.70. The summed E-state index contributed by atoms with van der Waals surface area (Å²) in [5, 5.41) is 3.52. The molecular formula is C29H56N. The first-order valence-electron chi connectivity index (χ1n) is 13.9. The maximum atomic E-state index is 5.26. The molecule has 0 fully saturated rings. The number of hydrogen-bond donors (Lipinski definition) is 1. The topological polar surface area (TPSA) is 12.0 Å². The second kappa shape index (κ2) is 28.5. The summed E-state index contributed by atoms with van der Waals surface area (Å²) in [4.78, 5) is 0. The molecule has 0 aliphatic heterocycles. The summed E-state index contributed by atoms with van der Waals surface area (Å²) < 4.78 is 0. The molecule has 30 heavy (non-hydrogen) atoms. The molecule has 0 heterocycles. The van der Waals surface area contributed by atoms with Crippen molar-refractivity contribution in [3.8, 4) is 12.3 Å². The summed E-state index contributed by atoms with van der Waals surface area (Å²) in [6.45, 7) is 4.60. The monoisotopic (exact) mass is 418 g/mol. The minimum atomic E-state index is 0.927. The van der Waals surface area contributed by atoms with Crippen LogP contribution in [-0.4, -0.2) is 13.1 Å². The minimum absolute atomic E-state index is 0.927. The van der Waals surface area contributed by atoms with E-state index in [-0.39, 0.29) is 0 Å². The van der Waals surface area contributed by atoms with Gasteiger partial charge >= 0.3 is 0 Å². The van der Waals surface area contributed by atoms with Crippen LogP contribution in [0.25, 0.3) is 0 Å². The number of terminal acetylenes is 1. The van der Waals surface area contributed by atoms with Crippen LogP contribution in [0.2, 0.25) is 0 Å². The summed E-state index contributed by atoms with van der Waals surface area (Å²) in [5.41, 5.74) is 0. The smallest absolute Gasteiger partial charge is 0.00865 e. The van der Waals surface area contributed by atoms with Gasteiger partial charge < -0.3 is 5.32 Å². The van der Waals surface area contributed by atoms with Gasteiger partial charge in [-0.3, -0.25) is 0 Å². The second-order valence-corrected chi connectivity index (χ2v) is 9.29. The van der Waals surface area contributed by atoms with Gasteiger partial charge in [-0.25, -0.2) is 0 Å². The van der Waals surface area contributed by atoms with Crippen molar-refractivity contribution >= 4 is 0 Å². The lowest BCUT2D eigenvalue weighted by Crippen LogP contribution is -2.16. The summed E-state index contributed by atoms with van der Waals surface area (Å²) in [6, 6.07) is 0. The van der Waals surface area contributed by atoms with Gasteiger partial charge in [0, 0.05) is 6.42 Å². The van der Waals surface area contributed by atoms with E-state index in [9.17, 15) is 0 Å². The van der Waals surface area contributed by atoms with Crippen molar-refractivity contribution in [2.45, 2.75) is 155 Å². The average Bonchev–Trinajstić information content (AvgIpc) is 2.76. The maximum Gasteiger partial charge on any atom is 0.00865 e. The van der Waals surface area contributed by atoms with E-state index in [1.165, 1.54) is 141 Å². The Bertz CT molecular complexity index is 330. The van der Waals surface area contributed by atoms with Gasteiger partial charge in [-0.05, 0) is 38.8 Å². The summed E-state index contributed by atoms with van der Waals surface area (Å²) in [6.07, 6.45) is 39.7. The largest absolute Gasteiger partial charge is 0.317 e. The molecule has 1 heteroatoms. The van der Waals surface area contributed by atoms with Crippen LogP contribution >= 0.6 is 0 Å². The summed E-state index contributed by atoms with van der Waals surface area (Å²) >= 11 is 0. The zero-order valence-electron chi connectivity index (χ0n) is 20.8. The molecule has 1 nitrogen and oxygen atoms in total. The predicted molar refractivity (Wildman–Crippen MR) is 138 cm³/mol. The minimum Gasteiger partial charge on any atom is -0.317 e. The first-order valence-corrected chi connectivity index (χ1v) is 13.9. The Kier molecular flexibility index (Phi) is 28.1. The molecule has 0 aromatic heterocycles. The van der Waals surface area contributed by atoms with E-state index >= 15 is 0 Å². The zero-order valence-corrected chi connectivity index (χ0v) is 20.8. The van der Waals surface area contributed by atoms with Crippen LogP contribution in [0.1, 0.15) is 155 Å². The van der Waals surface area contributed by atoms with Crippen molar-refractivity contribution in [3.05, 3.63) is 6.42 Å². The van der Waals surface area contributed by atoms with Crippen LogP contribution in [0.5, 0.6) is 0 Å². The Morgan fingerprint density at radius 3 is 1.40 bits per heavy atom. The fraction of sp³-hybridized carbons (Fsp3) is 0.897. The maximum absolute atomic E-state index is 5.26. The first kappa shape index (κ1) is 29.5. The lowest BCUT2D eigenvalue weighted by molar-refractivity contribution is 0.528. The Morgan fingerprint density at radius 1 is 0.533 bits per heavy atom. The van der Waals surface area contributed by atoms with Crippen molar-refractivity contribution in [2.75, 3.05) is 13.1 Å². The van der Waals surface area contributed by atoms with Crippen LogP contribution in [0.3, 0.4) is 0 Å². The molecule has 1 N–H and O–H groups in total. The van der Waals surface area contributed by atoms with Gasteiger partial charge in [0.1, 0.15) is 0 Å². The molecule has 0 rings (SSSR count). The number of unbranched alkanes of at least 4 members (excludes halogenated alkanes) is 22. The molecule has 0 unspecified atom stereocenters. The summed E-state index contributed by atoms with van der Waals surface area (Å²) in [7, 11) is 0.